The number of nitrogens with two attached hydrogens (primary N) is 1. The first kappa shape index (κ1) is 14.0. The fourth-order valence-corrected chi connectivity index (χ4v) is 2.43. The molecule has 108 valence electrons. The van der Waals surface area contributed by atoms with E-state index in [9.17, 15) is 4.79 Å². The van der Waals surface area contributed by atoms with Crippen LogP contribution < -0.4 is 11.3 Å². The molecule has 3 rings (SSSR count). The molecule has 0 aliphatic carbocycles. The Morgan fingerprint density at radius 3 is 2.41 bits per heavy atom. The molecule has 1 aromatic heterocycles. The fourth-order valence-electron chi connectivity index (χ4n) is 2.43. The summed E-state index contributed by atoms with van der Waals surface area (Å²) in [6.07, 6.45) is 0. The minimum atomic E-state index is -0.216. The van der Waals surface area contributed by atoms with E-state index in [1.807, 2.05) is 55.5 Å². The van der Waals surface area contributed by atoms with E-state index in [-0.39, 0.29) is 11.2 Å². The van der Waals surface area contributed by atoms with Crippen molar-refractivity contribution in [2.24, 2.45) is 7.05 Å². The summed E-state index contributed by atoms with van der Waals surface area (Å²) in [5.74, 6) is 6.16. The van der Waals surface area contributed by atoms with Crippen LogP contribution in [0.15, 0.2) is 53.3 Å². The van der Waals surface area contributed by atoms with Crippen LogP contribution in [0.5, 0.6) is 0 Å². The molecule has 0 bridgehead atoms. The maximum absolute atomic E-state index is 12.2. The van der Waals surface area contributed by atoms with Gasteiger partial charge < -0.3 is 10.3 Å². The van der Waals surface area contributed by atoms with Crippen LogP contribution in [0.3, 0.4) is 0 Å². The van der Waals surface area contributed by atoms with Crippen LogP contribution in [-0.4, -0.2) is 4.57 Å². The number of pyridine rings is 1. The first-order chi connectivity index (χ1) is 10.6. The molecule has 0 radical (unpaired) electrons. The number of aromatic nitrogens is 1. The molecule has 0 fully saturated rings. The zero-order valence-electron chi connectivity index (χ0n) is 12.6. The molecule has 0 aliphatic rings. The summed E-state index contributed by atoms with van der Waals surface area (Å²) < 4.78 is 1.56. The van der Waals surface area contributed by atoms with E-state index in [0.717, 1.165) is 16.5 Å². The Morgan fingerprint density at radius 2 is 1.68 bits per heavy atom. The first-order valence-corrected chi connectivity index (χ1v) is 7.04. The number of benzene rings is 2. The molecule has 0 aliphatic heterocycles. The van der Waals surface area contributed by atoms with Gasteiger partial charge in [-0.3, -0.25) is 4.79 Å². The highest BCUT2D eigenvalue weighted by molar-refractivity contribution is 5.90. The van der Waals surface area contributed by atoms with E-state index < -0.39 is 0 Å². The predicted molar refractivity (Wildman–Crippen MR) is 90.8 cm³/mol. The molecule has 0 atom stereocenters. The fraction of sp³-hybridized carbons (Fsp3) is 0.105. The van der Waals surface area contributed by atoms with Crippen molar-refractivity contribution in [2.75, 3.05) is 5.73 Å². The molecule has 1 heterocycles. The van der Waals surface area contributed by atoms with Gasteiger partial charge in [-0.1, -0.05) is 47.7 Å². The van der Waals surface area contributed by atoms with Gasteiger partial charge >= 0.3 is 0 Å². The SMILES string of the molecule is Cc1ccc(C#Cc2c(N)c(=O)n(C)c3ccccc23)cc1. The lowest BCUT2D eigenvalue weighted by Crippen LogP contribution is -2.22. The molecule has 3 heteroatoms. The Labute approximate surface area is 129 Å². The summed E-state index contributed by atoms with van der Waals surface area (Å²) in [5, 5.41) is 0.890. The van der Waals surface area contributed by atoms with Crippen molar-refractivity contribution in [2.45, 2.75) is 6.92 Å². The largest absolute Gasteiger partial charge is 0.393 e. The van der Waals surface area contributed by atoms with Crippen molar-refractivity contribution in [3.63, 3.8) is 0 Å². The molecular formula is C19H16N2O. The van der Waals surface area contributed by atoms with Gasteiger partial charge in [0.05, 0.1) is 11.1 Å². The van der Waals surface area contributed by atoms with E-state index in [2.05, 4.69) is 11.8 Å². The average Bonchev–Trinajstić information content (AvgIpc) is 2.54. The Kier molecular flexibility index (Phi) is 3.44. The number of para-hydroxylation sites is 1. The lowest BCUT2D eigenvalue weighted by molar-refractivity contribution is 0.909. The first-order valence-electron chi connectivity index (χ1n) is 7.04. The highest BCUT2D eigenvalue weighted by atomic mass is 16.1. The smallest absolute Gasteiger partial charge is 0.275 e. The van der Waals surface area contributed by atoms with E-state index in [1.54, 1.807) is 11.6 Å². The van der Waals surface area contributed by atoms with E-state index in [1.165, 1.54) is 5.56 Å². The number of hydrogen-bond acceptors (Lipinski definition) is 2. The highest BCUT2D eigenvalue weighted by Crippen LogP contribution is 2.20. The van der Waals surface area contributed by atoms with Gasteiger partial charge in [0.1, 0.15) is 5.69 Å². The maximum Gasteiger partial charge on any atom is 0.275 e. The zero-order chi connectivity index (χ0) is 15.7. The summed E-state index contributed by atoms with van der Waals surface area (Å²) in [6.45, 7) is 2.03. The molecule has 2 N–H and O–H groups in total. The van der Waals surface area contributed by atoms with Crippen molar-refractivity contribution in [3.8, 4) is 11.8 Å². The lowest BCUT2D eigenvalue weighted by Gasteiger charge is -2.09. The van der Waals surface area contributed by atoms with Gasteiger partial charge in [-0.25, -0.2) is 0 Å². The second kappa shape index (κ2) is 5.42. The van der Waals surface area contributed by atoms with Gasteiger partial charge in [0.15, 0.2) is 0 Å². The summed E-state index contributed by atoms with van der Waals surface area (Å²) in [5.41, 5.74) is 9.49. The third-order valence-electron chi connectivity index (χ3n) is 3.72. The van der Waals surface area contributed by atoms with Gasteiger partial charge in [-0.15, -0.1) is 0 Å². The van der Waals surface area contributed by atoms with Crippen LogP contribution in [0.4, 0.5) is 5.69 Å². The van der Waals surface area contributed by atoms with Gasteiger partial charge in [0.2, 0.25) is 0 Å². The van der Waals surface area contributed by atoms with Crippen molar-refractivity contribution in [1.29, 1.82) is 0 Å². The number of nitrogen functional groups attached to an aromatic ring is 1. The molecule has 3 nitrogen and oxygen atoms in total. The van der Waals surface area contributed by atoms with Gasteiger partial charge in [0.25, 0.3) is 5.56 Å². The van der Waals surface area contributed by atoms with E-state index >= 15 is 0 Å². The number of fused-ring (bicyclic) bond motifs is 1. The minimum Gasteiger partial charge on any atom is -0.393 e. The normalized spacial score (nSPS) is 10.3. The Morgan fingerprint density at radius 1 is 1.00 bits per heavy atom. The van der Waals surface area contributed by atoms with Crippen molar-refractivity contribution in [3.05, 3.63) is 75.6 Å². The van der Waals surface area contributed by atoms with Crippen molar-refractivity contribution < 1.29 is 0 Å². The molecule has 22 heavy (non-hydrogen) atoms. The second-order valence-corrected chi connectivity index (χ2v) is 5.29. The quantitative estimate of drug-likeness (QED) is 0.647. The number of hydrogen-bond donors (Lipinski definition) is 1. The predicted octanol–water partition coefficient (Wildman–Crippen LogP) is 2.83. The van der Waals surface area contributed by atoms with Crippen molar-refractivity contribution in [1.82, 2.24) is 4.57 Å². The molecule has 0 saturated carbocycles. The van der Waals surface area contributed by atoms with Crippen LogP contribution in [0, 0.1) is 18.8 Å². The lowest BCUT2D eigenvalue weighted by atomic mass is 10.1. The second-order valence-electron chi connectivity index (χ2n) is 5.29. The molecule has 0 amide bonds. The zero-order valence-corrected chi connectivity index (χ0v) is 12.6. The third-order valence-corrected chi connectivity index (χ3v) is 3.72. The molecule has 0 spiro atoms. The molecule has 2 aromatic carbocycles. The van der Waals surface area contributed by atoms with E-state index in [0.29, 0.717) is 5.56 Å². The topological polar surface area (TPSA) is 48.0 Å². The summed E-state index contributed by atoms with van der Waals surface area (Å²) in [7, 11) is 1.72. The van der Waals surface area contributed by atoms with Crippen molar-refractivity contribution >= 4 is 16.6 Å². The summed E-state index contributed by atoms with van der Waals surface area (Å²) in [4.78, 5) is 12.2. The van der Waals surface area contributed by atoms with Crippen LogP contribution in [0.1, 0.15) is 16.7 Å². The summed E-state index contributed by atoms with van der Waals surface area (Å²) >= 11 is 0. The van der Waals surface area contributed by atoms with Gasteiger partial charge in [-0.05, 0) is 25.1 Å². The van der Waals surface area contributed by atoms with Crippen LogP contribution in [0.2, 0.25) is 0 Å². The van der Waals surface area contributed by atoms with Gasteiger partial charge in [0, 0.05) is 18.0 Å². The molecule has 0 unspecified atom stereocenters. The minimum absolute atomic E-state index is 0.195. The summed E-state index contributed by atoms with van der Waals surface area (Å²) in [6, 6.07) is 15.6. The molecular weight excluding hydrogens is 272 g/mol. The Balaban J connectivity index is 2.24. The standard InChI is InChI=1S/C19H16N2O/c1-13-7-9-14(10-8-13)11-12-16-15-5-3-4-6-17(15)21(2)19(22)18(16)20/h3-10H,20H2,1-2H3. The molecule has 3 aromatic rings. The highest BCUT2D eigenvalue weighted by Gasteiger charge is 2.10. The molecule has 0 saturated heterocycles. The Hall–Kier alpha value is -2.99. The van der Waals surface area contributed by atoms with Crippen LogP contribution in [-0.2, 0) is 7.05 Å². The average molecular weight is 288 g/mol. The number of anilines is 1. The number of aryl methyl sites for hydroxylation is 2. The van der Waals surface area contributed by atoms with E-state index in [4.69, 9.17) is 5.73 Å². The maximum atomic E-state index is 12.2. The monoisotopic (exact) mass is 288 g/mol. The Bertz CT molecular complexity index is 970. The van der Waals surface area contributed by atoms with Crippen LogP contribution >= 0.6 is 0 Å². The van der Waals surface area contributed by atoms with Gasteiger partial charge in [-0.2, -0.15) is 0 Å². The third kappa shape index (κ3) is 2.36. The van der Waals surface area contributed by atoms with Crippen LogP contribution in [0.25, 0.3) is 10.9 Å². The number of rotatable bonds is 0. The number of nitrogens with zero attached hydrogens (tertiary/aromatic N) is 1.